The third-order valence-corrected chi connectivity index (χ3v) is 18.4. The van der Waals surface area contributed by atoms with Crippen molar-refractivity contribution in [1.82, 2.24) is 0 Å². The average molecular weight is 1170 g/mol. The Morgan fingerprint density at radius 1 is 0.487 bits per heavy atom. The molecule has 1 fully saturated rings. The van der Waals surface area contributed by atoms with Crippen LogP contribution in [-0.4, -0.2) is 87.0 Å². The molecule has 10 nitrogen and oxygen atoms in total. The van der Waals surface area contributed by atoms with Crippen molar-refractivity contribution in [3.63, 3.8) is 0 Å². The maximum absolute atomic E-state index is 11.2. The molecule has 0 radical (unpaired) electrons. The summed E-state index contributed by atoms with van der Waals surface area (Å²) in [7, 11) is 7.06. The standard InChI is InChI=1S/C67H80IN2O8/c1-65(2,49-16-26-54(69-7)27-17-49)48-14-11-46(12-15-48)13-28-61(74-10)45-78-63-38-55(70-41-47(64-40-68-64)42-75-59-33-22-52(23-34-59)66(3,4)50-18-29-57(72-8)30-19-50)37-62(39-63)77-44-56(71)43-76-60-35-24-53(25-36-60)67(5,6)51-20-31-58(73-9)32-21-51/h11-12,14-27,29-39,47,56,61,64,69-71H,13,28,40-45H2,1-10H3/q-1. The molecule has 11 heteroatoms. The zero-order valence-corrected chi connectivity index (χ0v) is 49.4. The van der Waals surface area contributed by atoms with Crippen LogP contribution < -0.4 is 60.3 Å². The van der Waals surface area contributed by atoms with Crippen LogP contribution in [0.5, 0.6) is 34.5 Å². The fraction of sp³-hybridized carbons (Fsp3) is 0.373. The van der Waals surface area contributed by atoms with Crippen molar-refractivity contribution in [2.24, 2.45) is 5.92 Å². The predicted octanol–water partition coefficient (Wildman–Crippen LogP) is 10.1. The molecule has 7 aromatic rings. The van der Waals surface area contributed by atoms with E-state index in [1.54, 1.807) is 21.3 Å². The zero-order chi connectivity index (χ0) is 55.3. The fourth-order valence-corrected chi connectivity index (χ4v) is 11.9. The van der Waals surface area contributed by atoms with Gasteiger partial charge in [0.05, 0.1) is 14.2 Å². The number of methoxy groups -OCH3 is 3. The van der Waals surface area contributed by atoms with Crippen LogP contribution in [0.3, 0.4) is 0 Å². The molecular formula is C67H80IN2O8-. The summed E-state index contributed by atoms with van der Waals surface area (Å²) in [6, 6.07) is 56.6. The van der Waals surface area contributed by atoms with E-state index in [9.17, 15) is 5.11 Å². The van der Waals surface area contributed by atoms with Crippen molar-refractivity contribution in [1.29, 1.82) is 0 Å². The number of benzene rings is 7. The van der Waals surface area contributed by atoms with Gasteiger partial charge in [-0.2, -0.15) is 0 Å². The summed E-state index contributed by atoms with van der Waals surface area (Å²) < 4.78 is 44.1. The van der Waals surface area contributed by atoms with E-state index in [4.69, 9.17) is 33.2 Å². The second kappa shape index (κ2) is 26.5. The molecule has 1 aliphatic heterocycles. The number of aliphatic hydroxyl groups excluding tert-OH is 1. The first-order valence-corrected chi connectivity index (χ1v) is 29.9. The summed E-state index contributed by atoms with van der Waals surface area (Å²) in [4.78, 5) is 0. The molecule has 0 spiro atoms. The van der Waals surface area contributed by atoms with Crippen LogP contribution in [0.4, 0.5) is 11.4 Å². The molecule has 7 aromatic carbocycles. The molecule has 4 atom stereocenters. The van der Waals surface area contributed by atoms with E-state index < -0.39 is 6.10 Å². The summed E-state index contributed by atoms with van der Waals surface area (Å²) in [6.45, 7) is 15.2. The summed E-state index contributed by atoms with van der Waals surface area (Å²) in [5, 5.41) is 18.1. The molecule has 414 valence electrons. The molecule has 0 aromatic heterocycles. The second-order valence-electron chi connectivity index (χ2n) is 21.9. The topological polar surface area (TPSA) is 109 Å². The Balaban J connectivity index is 0.894. The van der Waals surface area contributed by atoms with E-state index in [0.717, 1.165) is 53.6 Å². The molecule has 1 heterocycles. The summed E-state index contributed by atoms with van der Waals surface area (Å²) >= 11 is 0.158. The maximum atomic E-state index is 11.2. The van der Waals surface area contributed by atoms with Crippen molar-refractivity contribution in [3.8, 4) is 34.5 Å². The van der Waals surface area contributed by atoms with Crippen molar-refractivity contribution >= 4 is 11.4 Å². The Morgan fingerprint density at radius 3 is 1.28 bits per heavy atom. The van der Waals surface area contributed by atoms with E-state index in [1.165, 1.54) is 37.8 Å². The molecule has 0 saturated carbocycles. The molecule has 8 rings (SSSR count). The Labute approximate surface area is 474 Å². The zero-order valence-electron chi connectivity index (χ0n) is 47.2. The van der Waals surface area contributed by atoms with Crippen LogP contribution in [0.2, 0.25) is 0 Å². The van der Waals surface area contributed by atoms with E-state index in [-0.39, 0.29) is 56.8 Å². The van der Waals surface area contributed by atoms with Gasteiger partial charge in [0.2, 0.25) is 0 Å². The number of halogens is 1. The van der Waals surface area contributed by atoms with Crippen LogP contribution in [0.25, 0.3) is 0 Å². The van der Waals surface area contributed by atoms with Crippen molar-refractivity contribution in [3.05, 3.63) is 203 Å². The van der Waals surface area contributed by atoms with Gasteiger partial charge < -0.3 is 14.8 Å². The number of anilines is 2. The van der Waals surface area contributed by atoms with Crippen LogP contribution in [0, 0.1) is 5.92 Å². The average Bonchev–Trinajstić information content (AvgIpc) is 4.35. The number of ether oxygens (including phenoxy) is 7. The Kier molecular flexibility index (Phi) is 19.6. The quantitative estimate of drug-likeness (QED) is 0.0310. The number of alkyl halides is 2. The minimum absolute atomic E-state index is 0.0316. The monoisotopic (exact) mass is 1170 g/mol. The minimum atomic E-state index is -0.882. The molecule has 0 aliphatic carbocycles. The summed E-state index contributed by atoms with van der Waals surface area (Å²) in [6.07, 6.45) is 0.612. The molecule has 1 saturated heterocycles. The molecule has 4 unspecified atom stereocenters. The Bertz CT molecular complexity index is 2940. The third kappa shape index (κ3) is 15.2. The number of aryl methyl sites for hydroxylation is 1. The SMILES string of the molecule is CNc1ccc(C(C)(C)c2ccc(CCC(COc3cc(NCC(COc4ccc(C(C)(C)c5ccc(OC)cc5)cc4)C4C[I-]4)cc(OCC(O)COc4ccc(C(C)(C)c5ccc(OC)cc5)cc4)c3)OC)cc2)cc1. The number of rotatable bonds is 29. The summed E-state index contributed by atoms with van der Waals surface area (Å²) in [5.74, 6) is 4.80. The number of hydrogen-bond donors (Lipinski definition) is 3. The van der Waals surface area contributed by atoms with Gasteiger partial charge in [-0.15, -0.1) is 0 Å². The van der Waals surface area contributed by atoms with Crippen molar-refractivity contribution < 1.29 is 59.5 Å². The van der Waals surface area contributed by atoms with Crippen LogP contribution in [0.1, 0.15) is 86.9 Å². The van der Waals surface area contributed by atoms with Crippen LogP contribution in [-0.2, 0) is 27.4 Å². The van der Waals surface area contributed by atoms with Gasteiger partial charge in [0, 0.05) is 23.6 Å². The molecule has 0 amide bonds. The van der Waals surface area contributed by atoms with Crippen LogP contribution in [0.15, 0.2) is 164 Å². The first kappa shape index (κ1) is 57.8. The predicted molar refractivity (Wildman–Crippen MR) is 312 cm³/mol. The van der Waals surface area contributed by atoms with Gasteiger partial charge in [0.15, 0.2) is 0 Å². The van der Waals surface area contributed by atoms with Gasteiger partial charge in [-0.3, -0.25) is 0 Å². The van der Waals surface area contributed by atoms with Gasteiger partial charge in [0.25, 0.3) is 0 Å². The molecule has 1 aliphatic rings. The van der Waals surface area contributed by atoms with Gasteiger partial charge in [0.1, 0.15) is 17.2 Å². The van der Waals surface area contributed by atoms with E-state index in [2.05, 4.69) is 161 Å². The van der Waals surface area contributed by atoms with Gasteiger partial charge in [-0.1, -0.05) is 88.4 Å². The fourth-order valence-electron chi connectivity index (χ4n) is 9.70. The second-order valence-corrected chi connectivity index (χ2v) is 25.2. The van der Waals surface area contributed by atoms with E-state index in [0.29, 0.717) is 40.3 Å². The first-order chi connectivity index (χ1) is 37.6. The van der Waals surface area contributed by atoms with E-state index in [1.807, 2.05) is 61.6 Å². The first-order valence-electron chi connectivity index (χ1n) is 27.1. The van der Waals surface area contributed by atoms with Gasteiger partial charge in [-0.25, -0.2) is 0 Å². The molecule has 0 bridgehead atoms. The van der Waals surface area contributed by atoms with Gasteiger partial charge in [-0.05, 0) is 64.2 Å². The normalized spacial score (nSPS) is 14.7. The third-order valence-electron chi connectivity index (χ3n) is 15.5. The number of hydrogen-bond acceptors (Lipinski definition) is 10. The smallest absolute Gasteiger partial charge is 0.0587 e. The van der Waals surface area contributed by atoms with Crippen molar-refractivity contribution in [2.45, 2.75) is 86.8 Å². The Hall–Kier alpha value is -6.41. The van der Waals surface area contributed by atoms with Crippen LogP contribution >= 0.6 is 0 Å². The number of aliphatic hydroxyl groups is 1. The number of nitrogens with one attached hydrogen (secondary N) is 2. The summed E-state index contributed by atoms with van der Waals surface area (Å²) in [5.41, 5.74) is 10.0. The van der Waals surface area contributed by atoms with E-state index >= 15 is 0 Å². The molecular weight excluding hydrogens is 1090 g/mol. The molecule has 78 heavy (non-hydrogen) atoms. The van der Waals surface area contributed by atoms with Crippen molar-refractivity contribution in [2.75, 3.05) is 76.4 Å². The van der Waals surface area contributed by atoms with Gasteiger partial charge >= 0.3 is 255 Å². The minimum Gasteiger partial charge on any atom is -0.0587 e. The Morgan fingerprint density at radius 2 is 0.872 bits per heavy atom. The molecule has 3 N–H and O–H groups in total.